The maximum Gasteiger partial charge on any atom is 0.154 e. The van der Waals surface area contributed by atoms with Crippen LogP contribution in [0.5, 0.6) is 0 Å². The smallest absolute Gasteiger partial charge is 0.154 e. The van der Waals surface area contributed by atoms with Gasteiger partial charge in [-0.25, -0.2) is 9.97 Å². The van der Waals surface area contributed by atoms with Gasteiger partial charge in [0, 0.05) is 27.5 Å². The number of nitrogens with one attached hydrogen (secondary N) is 2. The summed E-state index contributed by atoms with van der Waals surface area (Å²) in [5, 5.41) is 11.7. The predicted octanol–water partition coefficient (Wildman–Crippen LogP) is 4.77. The van der Waals surface area contributed by atoms with E-state index >= 15 is 0 Å². The lowest BCUT2D eigenvalue weighted by molar-refractivity contribution is 0.966. The Morgan fingerprint density at radius 2 is 2.13 bits per heavy atom. The zero-order chi connectivity index (χ0) is 15.8. The molecule has 0 unspecified atom stereocenters. The second-order valence-electron chi connectivity index (χ2n) is 5.70. The van der Waals surface area contributed by atoms with Crippen LogP contribution in [-0.4, -0.2) is 20.2 Å². The molecule has 1 aromatic carbocycles. The summed E-state index contributed by atoms with van der Waals surface area (Å²) in [6, 6.07) is 8.06. The van der Waals surface area contributed by atoms with Gasteiger partial charge >= 0.3 is 0 Å². The molecule has 0 radical (unpaired) electrons. The van der Waals surface area contributed by atoms with E-state index in [0.717, 1.165) is 27.0 Å². The molecule has 116 valence electrons. The van der Waals surface area contributed by atoms with Gasteiger partial charge in [-0.2, -0.15) is 5.10 Å². The van der Waals surface area contributed by atoms with Crippen molar-refractivity contribution in [1.82, 2.24) is 20.2 Å². The van der Waals surface area contributed by atoms with Gasteiger partial charge in [0.25, 0.3) is 0 Å². The van der Waals surface area contributed by atoms with Gasteiger partial charge in [-0.3, -0.25) is 5.10 Å². The van der Waals surface area contributed by atoms with E-state index in [2.05, 4.69) is 47.5 Å². The minimum Gasteiger partial charge on any atom is -0.323 e. The lowest BCUT2D eigenvalue weighted by Gasteiger charge is -2.08. The molecule has 2 aromatic heterocycles. The molecular formula is C17H16BrN5. The van der Waals surface area contributed by atoms with E-state index in [0.29, 0.717) is 11.7 Å². The molecule has 2 heterocycles. The van der Waals surface area contributed by atoms with Crippen LogP contribution >= 0.6 is 15.9 Å². The van der Waals surface area contributed by atoms with Crippen molar-refractivity contribution in [3.05, 3.63) is 46.3 Å². The van der Waals surface area contributed by atoms with Gasteiger partial charge < -0.3 is 5.32 Å². The molecule has 0 bridgehead atoms. The third kappa shape index (κ3) is 2.99. The second-order valence-corrected chi connectivity index (χ2v) is 6.62. The molecule has 1 aliphatic carbocycles. The number of aromatic nitrogens is 4. The van der Waals surface area contributed by atoms with Crippen molar-refractivity contribution in [1.29, 1.82) is 0 Å². The molecule has 0 aliphatic heterocycles. The number of fused-ring (bicyclic) bond motifs is 1. The summed E-state index contributed by atoms with van der Waals surface area (Å²) in [5.41, 5.74) is 2.09. The first-order valence-corrected chi connectivity index (χ1v) is 8.44. The Kier molecular flexibility index (Phi) is 3.61. The average Bonchev–Trinajstić information content (AvgIpc) is 3.28. The molecule has 5 nitrogen and oxygen atoms in total. The second kappa shape index (κ2) is 5.77. The van der Waals surface area contributed by atoms with Crippen LogP contribution in [0, 0.1) is 0 Å². The molecule has 0 amide bonds. The summed E-state index contributed by atoms with van der Waals surface area (Å²) >= 11 is 3.51. The van der Waals surface area contributed by atoms with Gasteiger partial charge in [-0.1, -0.05) is 22.0 Å². The van der Waals surface area contributed by atoms with Crippen LogP contribution in [0.25, 0.3) is 17.0 Å². The van der Waals surface area contributed by atoms with Gasteiger partial charge in [-0.05, 0) is 44.0 Å². The number of hydrogen-bond donors (Lipinski definition) is 2. The zero-order valence-electron chi connectivity index (χ0n) is 12.7. The van der Waals surface area contributed by atoms with Crippen LogP contribution in [0.4, 0.5) is 11.6 Å². The zero-order valence-corrected chi connectivity index (χ0v) is 14.3. The topological polar surface area (TPSA) is 66.5 Å². The third-order valence-electron chi connectivity index (χ3n) is 3.85. The highest BCUT2D eigenvalue weighted by molar-refractivity contribution is 9.10. The lowest BCUT2D eigenvalue weighted by Crippen LogP contribution is -1.99. The van der Waals surface area contributed by atoms with Crippen molar-refractivity contribution in [3.8, 4) is 0 Å². The largest absolute Gasteiger partial charge is 0.323 e. The fraction of sp³-hybridized carbons (Fsp3) is 0.235. The number of nitrogens with zero attached hydrogens (tertiary/aromatic N) is 3. The number of H-pyrrole nitrogens is 1. The van der Waals surface area contributed by atoms with E-state index < -0.39 is 0 Å². The highest BCUT2D eigenvalue weighted by Gasteiger charge is 2.25. The van der Waals surface area contributed by atoms with Crippen LogP contribution in [0.2, 0.25) is 0 Å². The van der Waals surface area contributed by atoms with Gasteiger partial charge in [-0.15, -0.1) is 0 Å². The Morgan fingerprint density at radius 3 is 2.91 bits per heavy atom. The van der Waals surface area contributed by atoms with Crippen LogP contribution in [0.15, 0.2) is 34.8 Å². The highest BCUT2D eigenvalue weighted by atomic mass is 79.9. The summed E-state index contributed by atoms with van der Waals surface area (Å²) in [4.78, 5) is 9.18. The van der Waals surface area contributed by atoms with Gasteiger partial charge in [0.1, 0.15) is 5.82 Å². The molecule has 4 rings (SSSR count). The maximum absolute atomic E-state index is 4.61. The van der Waals surface area contributed by atoms with Crippen molar-refractivity contribution in [2.24, 2.45) is 0 Å². The first-order valence-electron chi connectivity index (χ1n) is 7.65. The summed E-state index contributed by atoms with van der Waals surface area (Å²) in [5.74, 6) is 2.88. The Morgan fingerprint density at radius 1 is 1.26 bits per heavy atom. The Hall–Kier alpha value is -2.21. The quantitative estimate of drug-likeness (QED) is 0.694. The molecule has 6 heteroatoms. The monoisotopic (exact) mass is 369 g/mol. The molecule has 3 aromatic rings. The number of rotatable bonds is 4. The lowest BCUT2D eigenvalue weighted by atomic mass is 10.2. The third-order valence-corrected chi connectivity index (χ3v) is 4.35. The van der Waals surface area contributed by atoms with Crippen molar-refractivity contribution in [2.75, 3.05) is 5.32 Å². The van der Waals surface area contributed by atoms with Gasteiger partial charge in [0.15, 0.2) is 11.6 Å². The number of hydrogen-bond acceptors (Lipinski definition) is 4. The number of halogens is 1. The minimum atomic E-state index is 0.646. The van der Waals surface area contributed by atoms with Crippen LogP contribution in [0.3, 0.4) is 0 Å². The maximum atomic E-state index is 4.61. The van der Waals surface area contributed by atoms with E-state index in [1.165, 1.54) is 18.5 Å². The van der Waals surface area contributed by atoms with Crippen LogP contribution in [-0.2, 0) is 0 Å². The molecule has 23 heavy (non-hydrogen) atoms. The van der Waals surface area contributed by atoms with Crippen LogP contribution in [0.1, 0.15) is 37.2 Å². The van der Waals surface area contributed by atoms with Crippen molar-refractivity contribution in [3.63, 3.8) is 0 Å². The molecule has 1 fully saturated rings. The first-order chi connectivity index (χ1) is 11.2. The summed E-state index contributed by atoms with van der Waals surface area (Å²) < 4.78 is 0.996. The van der Waals surface area contributed by atoms with E-state index in [1.54, 1.807) is 0 Å². The summed E-state index contributed by atoms with van der Waals surface area (Å²) in [7, 11) is 0. The number of allylic oxidation sites excluding steroid dienone is 1. The molecule has 0 spiro atoms. The van der Waals surface area contributed by atoms with Crippen molar-refractivity contribution >= 4 is 44.5 Å². The minimum absolute atomic E-state index is 0.646. The number of aromatic amines is 1. The summed E-state index contributed by atoms with van der Waals surface area (Å²) in [6.07, 6.45) is 6.32. The van der Waals surface area contributed by atoms with E-state index in [9.17, 15) is 0 Å². The summed E-state index contributed by atoms with van der Waals surface area (Å²) in [6.45, 7) is 1.96. The molecular weight excluding hydrogens is 354 g/mol. The predicted molar refractivity (Wildman–Crippen MR) is 95.8 cm³/mol. The Labute approximate surface area is 142 Å². The molecule has 0 atom stereocenters. The SMILES string of the molecule is C/C=C/c1nc(Nc2cc(C3CC3)[nH]n2)c2cc(Br)ccc2n1. The normalized spacial score (nSPS) is 14.7. The van der Waals surface area contributed by atoms with Gasteiger partial charge in [0.05, 0.1) is 5.52 Å². The van der Waals surface area contributed by atoms with Crippen molar-refractivity contribution in [2.45, 2.75) is 25.7 Å². The Balaban J connectivity index is 1.77. The first kappa shape index (κ1) is 14.4. The standard InChI is InChI=1S/C17H16BrN5/c1-2-3-15-19-13-7-6-11(18)8-12(13)17(20-15)21-16-9-14(22-23-16)10-4-5-10/h2-3,6-10H,4-5H2,1H3,(H2,19,20,21,22,23)/b3-2+. The van der Waals surface area contributed by atoms with E-state index in [4.69, 9.17) is 0 Å². The van der Waals surface area contributed by atoms with E-state index in [-0.39, 0.29) is 0 Å². The van der Waals surface area contributed by atoms with E-state index in [1.807, 2.05) is 37.3 Å². The molecule has 1 aliphatic rings. The number of anilines is 2. The molecule has 0 saturated heterocycles. The molecule has 1 saturated carbocycles. The average molecular weight is 370 g/mol. The molecule has 2 N–H and O–H groups in total. The van der Waals surface area contributed by atoms with Crippen molar-refractivity contribution < 1.29 is 0 Å². The fourth-order valence-corrected chi connectivity index (χ4v) is 2.92. The Bertz CT molecular complexity index is 895. The fourth-order valence-electron chi connectivity index (χ4n) is 2.56. The highest BCUT2D eigenvalue weighted by Crippen LogP contribution is 2.39. The van der Waals surface area contributed by atoms with Crippen LogP contribution < -0.4 is 5.32 Å². The van der Waals surface area contributed by atoms with Gasteiger partial charge in [0.2, 0.25) is 0 Å². The number of benzene rings is 1.